The van der Waals surface area contributed by atoms with E-state index in [0.29, 0.717) is 0 Å². The number of nitrogens with one attached hydrogen (secondary N) is 1. The van der Waals surface area contributed by atoms with E-state index in [-0.39, 0.29) is 24.4 Å². The van der Waals surface area contributed by atoms with Gasteiger partial charge in [0, 0.05) is 5.69 Å². The molecule has 0 unspecified atom stereocenters. The van der Waals surface area contributed by atoms with E-state index in [1.165, 1.54) is 5.56 Å². The van der Waals surface area contributed by atoms with Crippen molar-refractivity contribution in [3.63, 3.8) is 0 Å². The third-order valence-electron chi connectivity index (χ3n) is 3.93. The average molecular weight is 289 g/mol. The molecule has 2 amide bonds. The van der Waals surface area contributed by atoms with Gasteiger partial charge < -0.3 is 11.1 Å². The highest BCUT2D eigenvalue weighted by Gasteiger charge is 2.28. The van der Waals surface area contributed by atoms with Gasteiger partial charge in [0.25, 0.3) is 0 Å². The normalized spacial score (nSPS) is 19.2. The first-order valence-electron chi connectivity index (χ1n) is 7.52. The van der Waals surface area contributed by atoms with Crippen LogP contribution >= 0.6 is 0 Å². The Bertz CT molecular complexity index is 499. The minimum absolute atomic E-state index is 0.104. The van der Waals surface area contributed by atoms with E-state index in [0.717, 1.165) is 37.9 Å². The number of likely N-dealkylation sites (tertiary alicyclic amines) is 1. The first-order chi connectivity index (χ1) is 10.1. The standard InChI is InChI=1S/C16H23N3O2/c1-2-12-6-8-13(9-7-12)18-15(20)11-19-10-4-3-5-14(19)16(17)21/h6-9,14H,2-5,10-11H2,1H3,(H2,17,21)(H,18,20)/t14-/m1/s1. The van der Waals surface area contributed by atoms with E-state index in [1.54, 1.807) is 0 Å². The van der Waals surface area contributed by atoms with Crippen LogP contribution < -0.4 is 11.1 Å². The fourth-order valence-electron chi connectivity index (χ4n) is 2.71. The molecular weight excluding hydrogens is 266 g/mol. The number of primary amides is 1. The van der Waals surface area contributed by atoms with Crippen molar-refractivity contribution in [3.05, 3.63) is 29.8 Å². The Labute approximate surface area is 125 Å². The molecule has 3 N–H and O–H groups in total. The molecule has 1 aromatic carbocycles. The van der Waals surface area contributed by atoms with E-state index in [2.05, 4.69) is 12.2 Å². The Morgan fingerprint density at radius 3 is 2.62 bits per heavy atom. The molecule has 1 heterocycles. The molecular formula is C16H23N3O2. The van der Waals surface area contributed by atoms with Crippen molar-refractivity contribution in [1.82, 2.24) is 4.90 Å². The highest BCUT2D eigenvalue weighted by Crippen LogP contribution is 2.17. The molecule has 5 heteroatoms. The summed E-state index contributed by atoms with van der Waals surface area (Å²) >= 11 is 0. The summed E-state index contributed by atoms with van der Waals surface area (Å²) in [4.78, 5) is 25.4. The highest BCUT2D eigenvalue weighted by molar-refractivity contribution is 5.92. The Morgan fingerprint density at radius 2 is 2.00 bits per heavy atom. The summed E-state index contributed by atoms with van der Waals surface area (Å²) < 4.78 is 0. The number of hydrogen-bond donors (Lipinski definition) is 2. The summed E-state index contributed by atoms with van der Waals surface area (Å²) in [6.07, 6.45) is 3.71. The zero-order valence-corrected chi connectivity index (χ0v) is 12.5. The number of anilines is 1. The predicted molar refractivity (Wildman–Crippen MR) is 82.9 cm³/mol. The molecule has 0 spiro atoms. The lowest BCUT2D eigenvalue weighted by atomic mass is 10.0. The second-order valence-electron chi connectivity index (χ2n) is 5.48. The van der Waals surface area contributed by atoms with Crippen LogP contribution in [0.3, 0.4) is 0 Å². The van der Waals surface area contributed by atoms with Crippen LogP contribution in [-0.2, 0) is 16.0 Å². The summed E-state index contributed by atoms with van der Waals surface area (Å²) in [5, 5.41) is 2.87. The van der Waals surface area contributed by atoms with Gasteiger partial charge in [-0.3, -0.25) is 14.5 Å². The zero-order chi connectivity index (χ0) is 15.2. The van der Waals surface area contributed by atoms with Gasteiger partial charge in [-0.25, -0.2) is 0 Å². The van der Waals surface area contributed by atoms with Gasteiger partial charge in [0.05, 0.1) is 12.6 Å². The minimum atomic E-state index is -0.338. The van der Waals surface area contributed by atoms with E-state index in [4.69, 9.17) is 5.73 Å². The molecule has 1 atom stereocenters. The zero-order valence-electron chi connectivity index (χ0n) is 12.5. The second kappa shape index (κ2) is 7.22. The van der Waals surface area contributed by atoms with Crippen molar-refractivity contribution in [1.29, 1.82) is 0 Å². The van der Waals surface area contributed by atoms with Gasteiger partial charge in [-0.2, -0.15) is 0 Å². The third-order valence-corrected chi connectivity index (χ3v) is 3.93. The summed E-state index contributed by atoms with van der Waals surface area (Å²) in [5.74, 6) is -0.442. The number of carbonyl (C=O) groups is 2. The summed E-state index contributed by atoms with van der Waals surface area (Å²) in [6, 6.07) is 7.49. The molecule has 1 aliphatic rings. The molecule has 0 aromatic heterocycles. The lowest BCUT2D eigenvalue weighted by Crippen LogP contribution is -2.50. The highest BCUT2D eigenvalue weighted by atomic mass is 16.2. The van der Waals surface area contributed by atoms with Crippen LogP contribution in [0.2, 0.25) is 0 Å². The quantitative estimate of drug-likeness (QED) is 0.863. The first kappa shape index (κ1) is 15.5. The number of benzene rings is 1. The van der Waals surface area contributed by atoms with Crippen LogP contribution in [0.1, 0.15) is 31.7 Å². The summed E-state index contributed by atoms with van der Waals surface area (Å²) in [5.41, 5.74) is 7.42. The Morgan fingerprint density at radius 1 is 1.29 bits per heavy atom. The van der Waals surface area contributed by atoms with Crippen LogP contribution in [0.5, 0.6) is 0 Å². The monoisotopic (exact) mass is 289 g/mol. The van der Waals surface area contributed by atoms with Crippen LogP contribution in [-0.4, -0.2) is 35.8 Å². The summed E-state index contributed by atoms with van der Waals surface area (Å²) in [7, 11) is 0. The molecule has 21 heavy (non-hydrogen) atoms. The second-order valence-corrected chi connectivity index (χ2v) is 5.48. The molecule has 114 valence electrons. The molecule has 0 bridgehead atoms. The van der Waals surface area contributed by atoms with Gasteiger partial charge >= 0.3 is 0 Å². The fraction of sp³-hybridized carbons (Fsp3) is 0.500. The van der Waals surface area contributed by atoms with Crippen LogP contribution in [0.4, 0.5) is 5.69 Å². The Balaban J connectivity index is 1.92. The number of piperidine rings is 1. The van der Waals surface area contributed by atoms with Gasteiger partial charge in [0.1, 0.15) is 0 Å². The number of carbonyl (C=O) groups excluding carboxylic acids is 2. The molecule has 1 aliphatic heterocycles. The van der Waals surface area contributed by atoms with Crippen LogP contribution in [0, 0.1) is 0 Å². The maximum Gasteiger partial charge on any atom is 0.238 e. The molecule has 0 radical (unpaired) electrons. The Hall–Kier alpha value is -1.88. The predicted octanol–water partition coefficient (Wildman–Crippen LogP) is 1.53. The van der Waals surface area contributed by atoms with Gasteiger partial charge in [-0.15, -0.1) is 0 Å². The van der Waals surface area contributed by atoms with E-state index in [1.807, 2.05) is 29.2 Å². The van der Waals surface area contributed by atoms with Gasteiger partial charge in [0.15, 0.2) is 0 Å². The van der Waals surface area contributed by atoms with Crippen molar-refractivity contribution in [2.75, 3.05) is 18.4 Å². The van der Waals surface area contributed by atoms with Crippen LogP contribution in [0.25, 0.3) is 0 Å². The van der Waals surface area contributed by atoms with Crippen LogP contribution in [0.15, 0.2) is 24.3 Å². The Kier molecular flexibility index (Phi) is 5.33. The maximum absolute atomic E-state index is 12.1. The van der Waals surface area contributed by atoms with E-state index in [9.17, 15) is 9.59 Å². The first-order valence-corrected chi connectivity index (χ1v) is 7.52. The largest absolute Gasteiger partial charge is 0.368 e. The van der Waals surface area contributed by atoms with Gasteiger partial charge in [0.2, 0.25) is 11.8 Å². The number of amides is 2. The number of rotatable bonds is 5. The number of nitrogens with zero attached hydrogens (tertiary/aromatic N) is 1. The lowest BCUT2D eigenvalue weighted by molar-refractivity contribution is -0.126. The molecule has 2 rings (SSSR count). The van der Waals surface area contributed by atoms with Crippen molar-refractivity contribution in [2.24, 2.45) is 5.73 Å². The van der Waals surface area contributed by atoms with E-state index >= 15 is 0 Å². The molecule has 5 nitrogen and oxygen atoms in total. The maximum atomic E-state index is 12.1. The van der Waals surface area contributed by atoms with Crippen molar-refractivity contribution >= 4 is 17.5 Å². The smallest absolute Gasteiger partial charge is 0.238 e. The lowest BCUT2D eigenvalue weighted by Gasteiger charge is -2.32. The molecule has 1 fully saturated rings. The molecule has 1 aromatic rings. The summed E-state index contributed by atoms with van der Waals surface area (Å²) in [6.45, 7) is 3.05. The van der Waals surface area contributed by atoms with Crippen molar-refractivity contribution in [3.8, 4) is 0 Å². The number of nitrogens with two attached hydrogens (primary N) is 1. The fourth-order valence-corrected chi connectivity index (χ4v) is 2.71. The van der Waals surface area contributed by atoms with Crippen molar-refractivity contribution in [2.45, 2.75) is 38.6 Å². The minimum Gasteiger partial charge on any atom is -0.368 e. The topological polar surface area (TPSA) is 75.4 Å². The van der Waals surface area contributed by atoms with Crippen molar-refractivity contribution < 1.29 is 9.59 Å². The molecule has 0 aliphatic carbocycles. The van der Waals surface area contributed by atoms with E-state index < -0.39 is 0 Å². The number of aryl methyl sites for hydroxylation is 1. The third kappa shape index (κ3) is 4.29. The van der Waals surface area contributed by atoms with Gasteiger partial charge in [-0.05, 0) is 43.5 Å². The molecule has 0 saturated carbocycles. The number of hydrogen-bond acceptors (Lipinski definition) is 3. The molecule has 1 saturated heterocycles. The SMILES string of the molecule is CCc1ccc(NC(=O)CN2CCCC[C@@H]2C(N)=O)cc1. The average Bonchev–Trinajstić information content (AvgIpc) is 2.48. The van der Waals surface area contributed by atoms with Gasteiger partial charge in [-0.1, -0.05) is 25.5 Å².